The Morgan fingerprint density at radius 3 is 2.85 bits per heavy atom. The molecule has 4 rings (SSSR count). The van der Waals surface area contributed by atoms with E-state index in [1.807, 2.05) is 23.9 Å². The molecule has 0 N–H and O–H groups in total. The summed E-state index contributed by atoms with van der Waals surface area (Å²) in [6.07, 6.45) is 6.90. The smallest absolute Gasteiger partial charge is 0.285 e. The molecule has 27 heavy (non-hydrogen) atoms. The molecule has 0 saturated carbocycles. The van der Waals surface area contributed by atoms with E-state index < -0.39 is 0 Å². The van der Waals surface area contributed by atoms with Crippen molar-refractivity contribution in [2.45, 2.75) is 39.8 Å². The van der Waals surface area contributed by atoms with E-state index in [0.29, 0.717) is 0 Å². The van der Waals surface area contributed by atoms with Gasteiger partial charge in [-0.15, -0.1) is 11.8 Å². The number of hydrogen-bond donors (Lipinski definition) is 0. The predicted molar refractivity (Wildman–Crippen MR) is 108 cm³/mol. The van der Waals surface area contributed by atoms with E-state index in [1.54, 1.807) is 0 Å². The average Bonchev–Trinajstić information content (AvgIpc) is 3.27. The van der Waals surface area contributed by atoms with Gasteiger partial charge in [0.1, 0.15) is 0 Å². The van der Waals surface area contributed by atoms with Gasteiger partial charge in [-0.25, -0.2) is 9.13 Å². The van der Waals surface area contributed by atoms with Crippen LogP contribution >= 0.6 is 11.8 Å². The molecule has 0 bridgehead atoms. The van der Waals surface area contributed by atoms with Crippen LogP contribution < -0.4 is 28.5 Å². The van der Waals surface area contributed by atoms with E-state index in [-0.39, 0.29) is 24.0 Å². The van der Waals surface area contributed by atoms with Gasteiger partial charge in [-0.3, -0.25) is 0 Å². The molecule has 0 aliphatic carbocycles. The Hall–Kier alpha value is -1.46. The van der Waals surface area contributed by atoms with Crippen LogP contribution in [-0.2, 0) is 13.1 Å². The molecule has 2 aliphatic rings. The zero-order valence-electron chi connectivity index (χ0n) is 15.9. The fourth-order valence-corrected chi connectivity index (χ4v) is 5.19. The first-order valence-corrected chi connectivity index (χ1v) is 10.5. The lowest BCUT2D eigenvalue weighted by atomic mass is 10.1. The van der Waals surface area contributed by atoms with Gasteiger partial charge in [-0.1, -0.05) is 0 Å². The number of hydrogen-bond acceptors (Lipinski definition) is 3. The molecule has 2 aromatic rings. The third kappa shape index (κ3) is 3.64. The minimum Gasteiger partial charge on any atom is -1.00 e. The number of nitriles is 1. The Bertz CT molecular complexity index is 951. The molecule has 2 aliphatic heterocycles. The van der Waals surface area contributed by atoms with Crippen molar-refractivity contribution in [1.82, 2.24) is 9.47 Å². The molecule has 0 unspecified atom stereocenters. The summed E-state index contributed by atoms with van der Waals surface area (Å²) >= 11 is 1.96. The topological polar surface area (TPSA) is 35.8 Å². The minimum absolute atomic E-state index is 0. The van der Waals surface area contributed by atoms with Gasteiger partial charge in [0.2, 0.25) is 0 Å². The number of thioether (sulfide) groups is 1. The average molecular weight is 492 g/mol. The molecule has 142 valence electrons. The quantitative estimate of drug-likeness (QED) is 0.473. The van der Waals surface area contributed by atoms with Gasteiger partial charge < -0.3 is 28.9 Å². The van der Waals surface area contributed by atoms with Crippen LogP contribution in [0.3, 0.4) is 0 Å². The van der Waals surface area contributed by atoms with Crippen molar-refractivity contribution in [2.75, 3.05) is 18.8 Å². The van der Waals surface area contributed by atoms with Crippen molar-refractivity contribution >= 4 is 28.4 Å². The highest BCUT2D eigenvalue weighted by atomic mass is 127. The van der Waals surface area contributed by atoms with Gasteiger partial charge in [-0.2, -0.15) is 5.26 Å². The second-order valence-corrected chi connectivity index (χ2v) is 7.88. The van der Waals surface area contributed by atoms with Gasteiger partial charge in [0.15, 0.2) is 11.0 Å². The molecular formula is C21H25IN4S. The number of aromatic nitrogens is 2. The maximum atomic E-state index is 9.28. The number of halogens is 1. The maximum absolute atomic E-state index is 9.28. The highest BCUT2D eigenvalue weighted by Gasteiger charge is 2.30. The lowest BCUT2D eigenvalue weighted by Gasteiger charge is -2.16. The number of aryl methyl sites for hydroxylation is 2. The molecule has 0 atom stereocenters. The van der Waals surface area contributed by atoms with Crippen LogP contribution in [0.1, 0.15) is 38.1 Å². The highest BCUT2D eigenvalue weighted by molar-refractivity contribution is 8.03. The Kier molecular flexibility index (Phi) is 6.53. The largest absolute Gasteiger partial charge is 1.00 e. The zero-order valence-corrected chi connectivity index (χ0v) is 18.9. The summed E-state index contributed by atoms with van der Waals surface area (Å²) in [5, 5.41) is 10.7. The Labute approximate surface area is 182 Å². The second kappa shape index (κ2) is 8.70. The predicted octanol–water partition coefficient (Wildman–Crippen LogP) is 0.912. The van der Waals surface area contributed by atoms with Crippen LogP contribution in [-0.4, -0.2) is 28.3 Å². The van der Waals surface area contributed by atoms with Crippen molar-refractivity contribution in [2.24, 2.45) is 0 Å². The van der Waals surface area contributed by atoms with E-state index in [4.69, 9.17) is 0 Å². The zero-order chi connectivity index (χ0) is 18.1. The summed E-state index contributed by atoms with van der Waals surface area (Å²) in [5.74, 6) is 2.50. The minimum atomic E-state index is 0. The molecule has 3 heterocycles. The van der Waals surface area contributed by atoms with Crippen LogP contribution in [0.25, 0.3) is 16.6 Å². The van der Waals surface area contributed by atoms with Crippen LogP contribution in [0.5, 0.6) is 0 Å². The first-order chi connectivity index (χ1) is 12.8. The SMILES string of the molecule is CCN1CCSC1=CC=C1CCCn2c1[n+](CC)c1ccc(C#N)cc12.[I-]. The molecule has 1 fully saturated rings. The number of imidazole rings is 1. The molecule has 4 nitrogen and oxygen atoms in total. The molecule has 1 aromatic carbocycles. The van der Waals surface area contributed by atoms with Crippen LogP contribution in [0.4, 0.5) is 0 Å². The summed E-state index contributed by atoms with van der Waals surface area (Å²) in [4.78, 5) is 2.45. The van der Waals surface area contributed by atoms with E-state index in [1.165, 1.54) is 33.2 Å². The number of fused-ring (bicyclic) bond motifs is 3. The molecule has 1 aromatic heterocycles. The van der Waals surface area contributed by atoms with E-state index in [0.717, 1.165) is 44.6 Å². The summed E-state index contributed by atoms with van der Waals surface area (Å²) in [7, 11) is 0. The van der Waals surface area contributed by atoms with Crippen molar-refractivity contribution in [3.05, 3.63) is 46.8 Å². The third-order valence-corrected chi connectivity index (χ3v) is 6.44. The molecule has 1 saturated heterocycles. The standard InChI is InChI=1S/C21H25N4S.HI/c1-3-23-12-13-26-20(23)10-8-17-6-5-11-25-19-14-16(15-22)7-9-18(19)24(4-2)21(17)25;/h7-10,14H,3-6,11-13H2,1-2H3;1H/q+1;/p-1. The van der Waals surface area contributed by atoms with Crippen LogP contribution in [0, 0.1) is 11.3 Å². The highest BCUT2D eigenvalue weighted by Crippen LogP contribution is 2.31. The van der Waals surface area contributed by atoms with Crippen molar-refractivity contribution in [3.8, 4) is 6.07 Å². The van der Waals surface area contributed by atoms with E-state index in [9.17, 15) is 5.26 Å². The monoisotopic (exact) mass is 492 g/mol. The van der Waals surface area contributed by atoms with Crippen LogP contribution in [0.15, 0.2) is 35.4 Å². The fourth-order valence-electron chi connectivity index (χ4n) is 4.10. The molecule has 6 heteroatoms. The van der Waals surface area contributed by atoms with E-state index >= 15 is 0 Å². The van der Waals surface area contributed by atoms with Gasteiger partial charge in [0, 0.05) is 30.5 Å². The van der Waals surface area contributed by atoms with Crippen molar-refractivity contribution in [1.29, 1.82) is 5.26 Å². The Morgan fingerprint density at radius 1 is 1.26 bits per heavy atom. The first-order valence-electron chi connectivity index (χ1n) is 9.52. The summed E-state index contributed by atoms with van der Waals surface area (Å²) in [5.41, 5.74) is 4.56. The van der Waals surface area contributed by atoms with E-state index in [2.05, 4.69) is 52.2 Å². The van der Waals surface area contributed by atoms with Crippen molar-refractivity contribution in [3.63, 3.8) is 0 Å². The van der Waals surface area contributed by atoms with Crippen LogP contribution in [0.2, 0.25) is 0 Å². The third-order valence-electron chi connectivity index (χ3n) is 5.36. The second-order valence-electron chi connectivity index (χ2n) is 6.76. The molecular weight excluding hydrogens is 467 g/mol. The maximum Gasteiger partial charge on any atom is 0.285 e. The summed E-state index contributed by atoms with van der Waals surface area (Å²) in [6.45, 7) is 8.63. The Morgan fingerprint density at radius 2 is 2.11 bits per heavy atom. The molecule has 0 spiro atoms. The molecule has 0 amide bonds. The number of nitrogens with zero attached hydrogens (tertiary/aromatic N) is 4. The number of rotatable bonds is 3. The normalized spacial score (nSPS) is 19.4. The first kappa shape index (κ1) is 20.3. The van der Waals surface area contributed by atoms with Gasteiger partial charge in [0.05, 0.1) is 29.8 Å². The summed E-state index contributed by atoms with van der Waals surface area (Å²) in [6, 6.07) is 8.35. The lowest BCUT2D eigenvalue weighted by Crippen LogP contribution is -3.00. The van der Waals surface area contributed by atoms with Crippen molar-refractivity contribution < 1.29 is 28.5 Å². The summed E-state index contributed by atoms with van der Waals surface area (Å²) < 4.78 is 4.81. The lowest BCUT2D eigenvalue weighted by molar-refractivity contribution is -0.671. The molecule has 0 radical (unpaired) electrons. The number of benzene rings is 1. The van der Waals surface area contributed by atoms with Gasteiger partial charge in [0.25, 0.3) is 5.82 Å². The Balaban J connectivity index is 0.00000210. The van der Waals surface area contributed by atoms with Gasteiger partial charge >= 0.3 is 0 Å². The fraction of sp³-hybridized carbons (Fsp3) is 0.429. The number of allylic oxidation sites excluding steroid dienone is 3. The van der Waals surface area contributed by atoms with Gasteiger partial charge in [-0.05, 0) is 51.0 Å².